The molecule has 0 saturated heterocycles. The predicted molar refractivity (Wildman–Crippen MR) is 140 cm³/mol. The molecule has 3 aromatic rings. The first-order chi connectivity index (χ1) is 16.6. The molecule has 3 aliphatic carbocycles. The zero-order chi connectivity index (χ0) is 25.0. The van der Waals surface area contributed by atoms with Crippen LogP contribution in [0.25, 0.3) is 16.6 Å². The van der Waals surface area contributed by atoms with Crippen LogP contribution in [0.2, 0.25) is 5.02 Å². The number of aryl methyl sites for hydroxylation is 1. The number of hydrogen-bond acceptors (Lipinski definition) is 4. The van der Waals surface area contributed by atoms with Crippen LogP contribution in [0, 0.1) is 24.7 Å². The third-order valence-electron chi connectivity index (χ3n) is 6.81. The summed E-state index contributed by atoms with van der Waals surface area (Å²) in [5, 5.41) is 1.47. The summed E-state index contributed by atoms with van der Waals surface area (Å²) in [6, 6.07) is 11.8. The van der Waals surface area contributed by atoms with E-state index in [1.54, 1.807) is 0 Å². The Bertz CT molecular complexity index is 1450. The standard InChI is InChI=1S/C26H26Cl2N2O4S/c1-4-18-10-20(12-22(28)24(18)33-8-7-27)30-17(2)9-19-11-21(5-6-23(19)30)34-16-25-13-26(14-25,15-25)29-35(3,31)32/h1,5-6,9-12,29H,7-8,13-16H2,2-3H3. The van der Waals surface area contributed by atoms with E-state index in [2.05, 4.69) is 21.3 Å². The monoisotopic (exact) mass is 532 g/mol. The minimum Gasteiger partial charge on any atom is -0.493 e. The van der Waals surface area contributed by atoms with E-state index >= 15 is 0 Å². The lowest BCUT2D eigenvalue weighted by atomic mass is 9.40. The number of alkyl halides is 1. The number of benzene rings is 2. The number of nitrogens with one attached hydrogen (secondary N) is 1. The van der Waals surface area contributed by atoms with Gasteiger partial charge in [0.2, 0.25) is 10.0 Å². The number of hydrogen-bond donors (Lipinski definition) is 1. The van der Waals surface area contributed by atoms with Crippen molar-refractivity contribution in [3.8, 4) is 29.5 Å². The largest absolute Gasteiger partial charge is 0.493 e. The Balaban J connectivity index is 1.35. The molecule has 1 N–H and O–H groups in total. The highest BCUT2D eigenvalue weighted by Gasteiger charge is 2.69. The van der Waals surface area contributed by atoms with Crippen LogP contribution in [0.3, 0.4) is 0 Å². The zero-order valence-corrected chi connectivity index (χ0v) is 21.9. The zero-order valence-electron chi connectivity index (χ0n) is 19.5. The maximum Gasteiger partial charge on any atom is 0.209 e. The minimum atomic E-state index is -3.19. The Morgan fingerprint density at radius 3 is 2.57 bits per heavy atom. The summed E-state index contributed by atoms with van der Waals surface area (Å²) in [5.74, 6) is 4.25. The molecule has 3 aliphatic rings. The van der Waals surface area contributed by atoms with E-state index in [0.29, 0.717) is 35.4 Å². The lowest BCUT2D eigenvalue weighted by Gasteiger charge is -2.69. The Kier molecular flexibility index (Phi) is 6.00. The van der Waals surface area contributed by atoms with Crippen molar-refractivity contribution in [3.05, 3.63) is 52.7 Å². The van der Waals surface area contributed by atoms with Crippen LogP contribution >= 0.6 is 23.2 Å². The molecule has 0 spiro atoms. The van der Waals surface area contributed by atoms with Crippen LogP contribution in [0.1, 0.15) is 30.5 Å². The van der Waals surface area contributed by atoms with Crippen molar-refractivity contribution >= 4 is 44.1 Å². The lowest BCUT2D eigenvalue weighted by molar-refractivity contribution is -0.162. The molecule has 184 valence electrons. The van der Waals surface area contributed by atoms with Gasteiger partial charge in [-0.2, -0.15) is 0 Å². The molecule has 0 atom stereocenters. The molecule has 2 aromatic carbocycles. The number of ether oxygens (including phenoxy) is 2. The minimum absolute atomic E-state index is 0.0736. The fraction of sp³-hybridized carbons (Fsp3) is 0.385. The summed E-state index contributed by atoms with van der Waals surface area (Å²) in [6.07, 6.45) is 9.42. The SMILES string of the molecule is C#Cc1cc(-n2c(C)cc3cc(OCC45CC(NS(C)(=O)=O)(C4)C5)ccc32)cc(Cl)c1OCCCl. The van der Waals surface area contributed by atoms with E-state index in [-0.39, 0.29) is 11.0 Å². The van der Waals surface area contributed by atoms with Gasteiger partial charge in [0.05, 0.1) is 34.8 Å². The normalized spacial score (nSPS) is 22.8. The highest BCUT2D eigenvalue weighted by molar-refractivity contribution is 7.88. The summed E-state index contributed by atoms with van der Waals surface area (Å²) in [7, 11) is -3.19. The number of halogens is 2. The first kappa shape index (κ1) is 24.3. The van der Waals surface area contributed by atoms with E-state index < -0.39 is 10.0 Å². The van der Waals surface area contributed by atoms with Gasteiger partial charge in [0, 0.05) is 27.7 Å². The van der Waals surface area contributed by atoms with Crippen molar-refractivity contribution < 1.29 is 17.9 Å². The van der Waals surface area contributed by atoms with Gasteiger partial charge in [-0.1, -0.05) is 17.5 Å². The van der Waals surface area contributed by atoms with Crippen LogP contribution in [0.4, 0.5) is 0 Å². The first-order valence-corrected chi connectivity index (χ1v) is 14.1. The highest BCUT2D eigenvalue weighted by Crippen LogP contribution is 2.67. The molecule has 1 aromatic heterocycles. The lowest BCUT2D eigenvalue weighted by Crippen LogP contribution is -2.76. The van der Waals surface area contributed by atoms with Gasteiger partial charge in [-0.25, -0.2) is 13.1 Å². The van der Waals surface area contributed by atoms with Gasteiger partial charge < -0.3 is 14.0 Å². The van der Waals surface area contributed by atoms with Crippen molar-refractivity contribution in [2.45, 2.75) is 31.7 Å². The van der Waals surface area contributed by atoms with Crippen LogP contribution < -0.4 is 14.2 Å². The number of nitrogens with zero attached hydrogens (tertiary/aromatic N) is 1. The average molecular weight is 533 g/mol. The molecule has 0 aliphatic heterocycles. The number of fused-ring (bicyclic) bond motifs is 1. The molecule has 3 fully saturated rings. The van der Waals surface area contributed by atoms with Crippen molar-refractivity contribution in [1.82, 2.24) is 9.29 Å². The summed E-state index contributed by atoms with van der Waals surface area (Å²) >= 11 is 12.3. The summed E-state index contributed by atoms with van der Waals surface area (Å²) < 4.78 is 39.7. The molecule has 35 heavy (non-hydrogen) atoms. The number of sulfonamides is 1. The molecule has 6 nitrogen and oxygen atoms in total. The average Bonchev–Trinajstić information content (AvgIpc) is 3.07. The molecular weight excluding hydrogens is 507 g/mol. The molecule has 2 bridgehead atoms. The Hall–Kier alpha value is -2.37. The quantitative estimate of drug-likeness (QED) is 0.309. The van der Waals surface area contributed by atoms with Gasteiger partial charge in [0.25, 0.3) is 0 Å². The number of aromatic nitrogens is 1. The second kappa shape index (κ2) is 8.63. The summed E-state index contributed by atoms with van der Waals surface area (Å²) in [6.45, 7) is 2.92. The topological polar surface area (TPSA) is 69.6 Å². The third kappa shape index (κ3) is 4.49. The third-order valence-corrected chi connectivity index (χ3v) is 8.05. The van der Waals surface area contributed by atoms with E-state index in [1.165, 1.54) is 6.26 Å². The number of terminal acetylenes is 1. The van der Waals surface area contributed by atoms with Gasteiger partial charge in [-0.15, -0.1) is 18.0 Å². The molecule has 1 heterocycles. The van der Waals surface area contributed by atoms with E-state index in [9.17, 15) is 8.42 Å². The molecule has 0 amide bonds. The van der Waals surface area contributed by atoms with Gasteiger partial charge in [-0.3, -0.25) is 0 Å². The van der Waals surface area contributed by atoms with Crippen molar-refractivity contribution in [1.29, 1.82) is 0 Å². The van der Waals surface area contributed by atoms with Crippen molar-refractivity contribution in [3.63, 3.8) is 0 Å². The second-order valence-corrected chi connectivity index (χ2v) is 12.3. The molecular formula is C26H26Cl2N2O4S. The van der Waals surface area contributed by atoms with Crippen LogP contribution in [-0.4, -0.2) is 43.9 Å². The maximum atomic E-state index is 11.5. The fourth-order valence-electron chi connectivity index (χ4n) is 5.76. The number of rotatable bonds is 9. The van der Waals surface area contributed by atoms with Crippen LogP contribution in [0.5, 0.6) is 11.5 Å². The molecule has 0 radical (unpaired) electrons. The second-order valence-electron chi connectivity index (χ2n) is 9.80. The van der Waals surface area contributed by atoms with Gasteiger partial charge in [-0.05, 0) is 62.6 Å². The Morgan fingerprint density at radius 1 is 1.17 bits per heavy atom. The smallest absolute Gasteiger partial charge is 0.209 e. The van der Waals surface area contributed by atoms with Gasteiger partial charge in [0.15, 0.2) is 5.75 Å². The van der Waals surface area contributed by atoms with E-state index in [4.69, 9.17) is 39.1 Å². The maximum absolute atomic E-state index is 11.5. The Morgan fingerprint density at radius 2 is 1.91 bits per heavy atom. The van der Waals surface area contributed by atoms with Crippen molar-refractivity contribution in [2.24, 2.45) is 5.41 Å². The van der Waals surface area contributed by atoms with E-state index in [1.807, 2.05) is 37.3 Å². The van der Waals surface area contributed by atoms with Crippen LogP contribution in [-0.2, 0) is 10.0 Å². The van der Waals surface area contributed by atoms with E-state index in [0.717, 1.165) is 47.3 Å². The fourth-order valence-corrected chi connectivity index (χ4v) is 7.10. The summed E-state index contributed by atoms with van der Waals surface area (Å²) in [5.41, 5.74) is 3.27. The molecule has 3 saturated carbocycles. The molecule has 0 unspecified atom stereocenters. The highest BCUT2D eigenvalue weighted by atomic mass is 35.5. The van der Waals surface area contributed by atoms with Crippen molar-refractivity contribution in [2.75, 3.05) is 25.3 Å². The first-order valence-electron chi connectivity index (χ1n) is 11.3. The molecule has 9 heteroatoms. The van der Waals surface area contributed by atoms with Gasteiger partial charge >= 0.3 is 0 Å². The summed E-state index contributed by atoms with van der Waals surface area (Å²) in [4.78, 5) is 0. The molecule has 6 rings (SSSR count). The van der Waals surface area contributed by atoms with Crippen LogP contribution in [0.15, 0.2) is 36.4 Å². The van der Waals surface area contributed by atoms with Gasteiger partial charge in [0.1, 0.15) is 12.4 Å². The Labute approximate surface area is 215 Å². The predicted octanol–water partition coefficient (Wildman–Crippen LogP) is 5.04.